The van der Waals surface area contributed by atoms with Crippen molar-refractivity contribution < 1.29 is 13.9 Å². The molecule has 0 aliphatic heterocycles. The Hall–Kier alpha value is -0.450. The van der Waals surface area contributed by atoms with Crippen LogP contribution in [0.5, 0.6) is 0 Å². The number of hydrogen-bond donors (Lipinski definition) is 1. The van der Waals surface area contributed by atoms with Crippen molar-refractivity contribution in [1.29, 1.82) is 0 Å². The molecule has 0 aliphatic carbocycles. The molecule has 0 unspecified atom stereocenters. The van der Waals surface area contributed by atoms with E-state index in [4.69, 9.17) is 28.3 Å². The fourth-order valence-corrected chi connectivity index (χ4v) is 1.44. The number of hydrogen-bond acceptors (Lipinski definition) is 2. The van der Waals surface area contributed by atoms with Gasteiger partial charge in [0.1, 0.15) is 10.3 Å². The zero-order valence-corrected chi connectivity index (χ0v) is 8.49. The first kappa shape index (κ1) is 11.6. The van der Waals surface area contributed by atoms with E-state index in [-0.39, 0.29) is 10.3 Å². The second-order valence-corrected chi connectivity index (χ2v) is 3.40. The normalized spacial score (nSPS) is 11.8. The summed E-state index contributed by atoms with van der Waals surface area (Å²) in [7, 11) is 0. The lowest BCUT2D eigenvalue weighted by Gasteiger charge is -2.15. The Morgan fingerprint density at radius 1 is 1.36 bits per heavy atom. The summed E-state index contributed by atoms with van der Waals surface area (Å²) in [6.45, 7) is -0.619. The van der Waals surface area contributed by atoms with Crippen molar-refractivity contribution in [3.05, 3.63) is 28.0 Å². The molecule has 0 saturated heterocycles. The minimum atomic E-state index is -3.18. The molecule has 14 heavy (non-hydrogen) atoms. The largest absolute Gasteiger partial charge is 0.396 e. The highest BCUT2D eigenvalue weighted by atomic mass is 35.5. The standard InChI is InChI=1S/C8H7Cl2F2NO/c9-6-2-1-5(7(10)13-6)8(11,12)3-4-14/h1-2,14H,3-4H2. The van der Waals surface area contributed by atoms with Gasteiger partial charge in [0.05, 0.1) is 5.56 Å². The van der Waals surface area contributed by atoms with Gasteiger partial charge in [0.15, 0.2) is 0 Å². The highest BCUT2D eigenvalue weighted by Gasteiger charge is 2.33. The summed E-state index contributed by atoms with van der Waals surface area (Å²) in [4.78, 5) is 3.49. The number of aromatic nitrogens is 1. The molecule has 0 aromatic carbocycles. The first-order valence-corrected chi connectivity index (χ1v) is 4.54. The third kappa shape index (κ3) is 2.53. The van der Waals surface area contributed by atoms with Crippen LogP contribution in [-0.2, 0) is 5.92 Å². The number of halogens is 4. The van der Waals surface area contributed by atoms with Gasteiger partial charge in [-0.1, -0.05) is 23.2 Å². The first-order valence-electron chi connectivity index (χ1n) is 3.78. The van der Waals surface area contributed by atoms with Crippen molar-refractivity contribution in [2.45, 2.75) is 12.3 Å². The molecule has 78 valence electrons. The molecule has 1 aromatic heterocycles. The highest BCUT2D eigenvalue weighted by Crippen LogP contribution is 2.35. The fraction of sp³-hybridized carbons (Fsp3) is 0.375. The lowest BCUT2D eigenvalue weighted by atomic mass is 10.1. The van der Waals surface area contributed by atoms with Crippen LogP contribution in [0.4, 0.5) is 8.78 Å². The van der Waals surface area contributed by atoms with Crippen LogP contribution in [0.1, 0.15) is 12.0 Å². The van der Waals surface area contributed by atoms with Crippen LogP contribution < -0.4 is 0 Å². The molecule has 0 spiro atoms. The zero-order chi connectivity index (χ0) is 10.8. The first-order chi connectivity index (χ1) is 6.47. The Morgan fingerprint density at radius 3 is 2.50 bits per heavy atom. The molecule has 0 radical (unpaired) electrons. The maximum absolute atomic E-state index is 13.2. The molecule has 2 nitrogen and oxygen atoms in total. The van der Waals surface area contributed by atoms with E-state index in [0.29, 0.717) is 0 Å². The van der Waals surface area contributed by atoms with Crippen LogP contribution in [0.15, 0.2) is 12.1 Å². The van der Waals surface area contributed by atoms with Crippen molar-refractivity contribution in [2.24, 2.45) is 0 Å². The highest BCUT2D eigenvalue weighted by molar-refractivity contribution is 6.32. The average molecular weight is 242 g/mol. The lowest BCUT2D eigenvalue weighted by Crippen LogP contribution is -2.16. The molecule has 0 atom stereocenters. The van der Waals surface area contributed by atoms with Gasteiger partial charge < -0.3 is 5.11 Å². The van der Waals surface area contributed by atoms with Crippen molar-refractivity contribution in [1.82, 2.24) is 4.98 Å². The monoisotopic (exact) mass is 241 g/mol. The summed E-state index contributed by atoms with van der Waals surface area (Å²) in [5.41, 5.74) is -0.419. The molecule has 1 aromatic rings. The van der Waals surface area contributed by atoms with E-state index >= 15 is 0 Å². The van der Waals surface area contributed by atoms with Crippen LogP contribution in [0, 0.1) is 0 Å². The third-order valence-electron chi connectivity index (χ3n) is 1.63. The van der Waals surface area contributed by atoms with E-state index in [1.807, 2.05) is 0 Å². The molecular formula is C8H7Cl2F2NO. The van der Waals surface area contributed by atoms with Gasteiger partial charge in [0, 0.05) is 13.0 Å². The average Bonchev–Trinajstić information content (AvgIpc) is 2.02. The molecule has 0 aliphatic rings. The van der Waals surface area contributed by atoms with E-state index in [9.17, 15) is 8.78 Å². The molecule has 1 rings (SSSR count). The van der Waals surface area contributed by atoms with Crippen molar-refractivity contribution >= 4 is 23.2 Å². The fourth-order valence-electron chi connectivity index (χ4n) is 0.960. The smallest absolute Gasteiger partial charge is 0.278 e. The van der Waals surface area contributed by atoms with Crippen LogP contribution in [-0.4, -0.2) is 16.7 Å². The van der Waals surface area contributed by atoms with E-state index in [0.717, 1.165) is 6.07 Å². The summed E-state index contributed by atoms with van der Waals surface area (Å²) in [6, 6.07) is 2.33. The second kappa shape index (κ2) is 4.38. The molecule has 0 fully saturated rings. The molecule has 1 N–H and O–H groups in total. The molecule has 0 bridgehead atoms. The number of pyridine rings is 1. The van der Waals surface area contributed by atoms with Gasteiger partial charge in [-0.05, 0) is 12.1 Å². The zero-order valence-electron chi connectivity index (χ0n) is 6.98. The Morgan fingerprint density at radius 2 is 2.00 bits per heavy atom. The lowest BCUT2D eigenvalue weighted by molar-refractivity contribution is -0.0271. The topological polar surface area (TPSA) is 33.1 Å². The predicted molar refractivity (Wildman–Crippen MR) is 49.9 cm³/mol. The van der Waals surface area contributed by atoms with E-state index < -0.39 is 24.5 Å². The molecular weight excluding hydrogens is 235 g/mol. The minimum Gasteiger partial charge on any atom is -0.396 e. The summed E-state index contributed by atoms with van der Waals surface area (Å²) in [5.74, 6) is -3.18. The number of aliphatic hydroxyl groups excluding tert-OH is 1. The Labute approximate surface area is 89.5 Å². The van der Waals surface area contributed by atoms with Gasteiger partial charge in [-0.25, -0.2) is 13.8 Å². The van der Waals surface area contributed by atoms with Gasteiger partial charge in [-0.3, -0.25) is 0 Å². The molecule has 6 heteroatoms. The van der Waals surface area contributed by atoms with Crippen LogP contribution in [0.2, 0.25) is 10.3 Å². The third-order valence-corrected chi connectivity index (χ3v) is 2.13. The van der Waals surface area contributed by atoms with Crippen LogP contribution in [0.25, 0.3) is 0 Å². The van der Waals surface area contributed by atoms with Gasteiger partial charge in [0.2, 0.25) is 0 Å². The van der Waals surface area contributed by atoms with Crippen LogP contribution >= 0.6 is 23.2 Å². The number of nitrogens with zero attached hydrogens (tertiary/aromatic N) is 1. The Balaban J connectivity index is 3.06. The van der Waals surface area contributed by atoms with E-state index in [1.165, 1.54) is 6.07 Å². The predicted octanol–water partition coefficient (Wildman–Crippen LogP) is 2.86. The van der Waals surface area contributed by atoms with Gasteiger partial charge in [0.25, 0.3) is 5.92 Å². The number of alkyl halides is 2. The summed E-state index contributed by atoms with van der Waals surface area (Å²) in [6.07, 6.45) is -0.684. The maximum Gasteiger partial charge on any atom is 0.278 e. The Bertz CT molecular complexity index is 333. The van der Waals surface area contributed by atoms with Crippen molar-refractivity contribution in [3.8, 4) is 0 Å². The summed E-state index contributed by atoms with van der Waals surface area (Å²) >= 11 is 10.9. The number of rotatable bonds is 3. The van der Waals surface area contributed by atoms with Crippen LogP contribution in [0.3, 0.4) is 0 Å². The van der Waals surface area contributed by atoms with Gasteiger partial charge in [-0.15, -0.1) is 0 Å². The molecule has 0 saturated carbocycles. The number of aliphatic hydroxyl groups is 1. The minimum absolute atomic E-state index is 0.0542. The SMILES string of the molecule is OCCC(F)(F)c1ccc(Cl)nc1Cl. The van der Waals surface area contributed by atoms with Crippen molar-refractivity contribution in [3.63, 3.8) is 0 Å². The summed E-state index contributed by atoms with van der Waals surface area (Å²) in [5, 5.41) is 8.16. The van der Waals surface area contributed by atoms with E-state index in [1.54, 1.807) is 0 Å². The maximum atomic E-state index is 13.2. The molecule has 0 amide bonds. The second-order valence-electron chi connectivity index (χ2n) is 2.65. The quantitative estimate of drug-likeness (QED) is 0.826. The Kier molecular flexibility index (Phi) is 3.64. The molecule has 1 heterocycles. The van der Waals surface area contributed by atoms with Crippen molar-refractivity contribution in [2.75, 3.05) is 6.61 Å². The van der Waals surface area contributed by atoms with E-state index in [2.05, 4.69) is 4.98 Å². The van der Waals surface area contributed by atoms with Gasteiger partial charge >= 0.3 is 0 Å². The summed E-state index contributed by atoms with van der Waals surface area (Å²) < 4.78 is 26.4. The van der Waals surface area contributed by atoms with Gasteiger partial charge in [-0.2, -0.15) is 0 Å².